The fourth-order valence-electron chi connectivity index (χ4n) is 1.60. The van der Waals surface area contributed by atoms with E-state index in [2.05, 4.69) is 13.5 Å². The summed E-state index contributed by atoms with van der Waals surface area (Å²) in [7, 11) is 1.66. The molecule has 1 rings (SSSR count). The second kappa shape index (κ2) is 6.11. The van der Waals surface area contributed by atoms with Gasteiger partial charge in [0.05, 0.1) is 7.11 Å². The third kappa shape index (κ3) is 3.54. The van der Waals surface area contributed by atoms with Crippen LogP contribution in [0.4, 0.5) is 0 Å². The number of rotatable bonds is 6. The standard InChI is InChI=1S/C14H18O2/c1-4-13(15)7-5-6-12-10-14(16-3)9-8-11(12)2/h4,8-10H,1,5-7H2,2-3H3. The zero-order valence-electron chi connectivity index (χ0n) is 9.95. The fraction of sp³-hybridized carbons (Fsp3) is 0.357. The molecule has 0 fully saturated rings. The molecular formula is C14H18O2. The van der Waals surface area contributed by atoms with Gasteiger partial charge in [-0.25, -0.2) is 0 Å². The summed E-state index contributed by atoms with van der Waals surface area (Å²) in [6, 6.07) is 6.03. The van der Waals surface area contributed by atoms with Crippen molar-refractivity contribution in [3.05, 3.63) is 42.0 Å². The molecule has 1 aromatic carbocycles. The number of carbonyl (C=O) groups excluding carboxylic acids is 1. The van der Waals surface area contributed by atoms with Crippen LogP contribution in [0.25, 0.3) is 0 Å². The molecule has 0 aliphatic heterocycles. The van der Waals surface area contributed by atoms with Crippen molar-refractivity contribution >= 4 is 5.78 Å². The Labute approximate surface area is 96.9 Å². The maximum Gasteiger partial charge on any atom is 0.155 e. The Kier molecular flexibility index (Phi) is 4.77. The second-order valence-corrected chi connectivity index (χ2v) is 3.82. The zero-order chi connectivity index (χ0) is 12.0. The van der Waals surface area contributed by atoms with Crippen LogP contribution in [0.1, 0.15) is 24.0 Å². The molecule has 0 unspecified atom stereocenters. The van der Waals surface area contributed by atoms with Gasteiger partial charge in [-0.05, 0) is 49.1 Å². The predicted octanol–water partition coefficient (Wildman–Crippen LogP) is 3.08. The van der Waals surface area contributed by atoms with Gasteiger partial charge in [-0.1, -0.05) is 12.6 Å². The molecule has 0 aliphatic carbocycles. The number of ketones is 1. The highest BCUT2D eigenvalue weighted by Gasteiger charge is 2.02. The highest BCUT2D eigenvalue weighted by Crippen LogP contribution is 2.18. The monoisotopic (exact) mass is 218 g/mol. The van der Waals surface area contributed by atoms with E-state index in [1.807, 2.05) is 18.2 Å². The first-order valence-corrected chi connectivity index (χ1v) is 5.46. The molecule has 0 heterocycles. The Balaban J connectivity index is 2.58. The first kappa shape index (κ1) is 12.5. The smallest absolute Gasteiger partial charge is 0.155 e. The molecule has 2 nitrogen and oxygen atoms in total. The van der Waals surface area contributed by atoms with Gasteiger partial charge in [-0.2, -0.15) is 0 Å². The number of benzene rings is 1. The summed E-state index contributed by atoms with van der Waals surface area (Å²) in [4.78, 5) is 11.1. The van der Waals surface area contributed by atoms with Crippen LogP contribution in [-0.4, -0.2) is 12.9 Å². The maximum absolute atomic E-state index is 11.1. The number of carbonyl (C=O) groups is 1. The molecule has 1 aromatic rings. The highest BCUT2D eigenvalue weighted by molar-refractivity contribution is 5.88. The molecule has 0 amide bonds. The molecule has 0 saturated carbocycles. The minimum Gasteiger partial charge on any atom is -0.497 e. The summed E-state index contributed by atoms with van der Waals surface area (Å²) < 4.78 is 5.18. The zero-order valence-corrected chi connectivity index (χ0v) is 9.95. The number of ether oxygens (including phenoxy) is 1. The van der Waals surface area contributed by atoms with Gasteiger partial charge in [0.2, 0.25) is 0 Å². The molecule has 0 bridgehead atoms. The quantitative estimate of drug-likeness (QED) is 0.686. The summed E-state index contributed by atoms with van der Waals surface area (Å²) in [5.41, 5.74) is 2.49. The van der Waals surface area contributed by atoms with Crippen LogP contribution in [0.5, 0.6) is 5.75 Å². The maximum atomic E-state index is 11.1. The van der Waals surface area contributed by atoms with Crippen molar-refractivity contribution < 1.29 is 9.53 Å². The largest absolute Gasteiger partial charge is 0.497 e. The number of aryl methyl sites for hydroxylation is 2. The van der Waals surface area contributed by atoms with E-state index in [1.165, 1.54) is 17.2 Å². The lowest BCUT2D eigenvalue weighted by Gasteiger charge is -2.07. The van der Waals surface area contributed by atoms with Gasteiger partial charge in [-0.15, -0.1) is 0 Å². The van der Waals surface area contributed by atoms with E-state index in [4.69, 9.17) is 4.74 Å². The van der Waals surface area contributed by atoms with Crippen LogP contribution in [0.15, 0.2) is 30.9 Å². The number of methoxy groups -OCH3 is 1. The summed E-state index contributed by atoms with van der Waals surface area (Å²) in [6.45, 7) is 5.54. The lowest BCUT2D eigenvalue weighted by molar-refractivity contribution is -0.114. The molecule has 0 N–H and O–H groups in total. The van der Waals surface area contributed by atoms with Crippen LogP contribution in [0.3, 0.4) is 0 Å². The van der Waals surface area contributed by atoms with Crippen molar-refractivity contribution in [1.82, 2.24) is 0 Å². The third-order valence-corrected chi connectivity index (χ3v) is 2.65. The van der Waals surface area contributed by atoms with Gasteiger partial charge < -0.3 is 4.74 Å². The summed E-state index contributed by atoms with van der Waals surface area (Å²) in [6.07, 6.45) is 3.72. The van der Waals surface area contributed by atoms with E-state index in [9.17, 15) is 4.79 Å². The molecule has 0 aliphatic rings. The molecule has 0 aromatic heterocycles. The van der Waals surface area contributed by atoms with E-state index in [-0.39, 0.29) is 5.78 Å². The summed E-state index contributed by atoms with van der Waals surface area (Å²) >= 11 is 0. The number of hydrogen-bond acceptors (Lipinski definition) is 2. The molecule has 0 spiro atoms. The minimum absolute atomic E-state index is 0.112. The van der Waals surface area contributed by atoms with E-state index in [0.29, 0.717) is 6.42 Å². The summed E-state index contributed by atoms with van der Waals surface area (Å²) in [5, 5.41) is 0. The van der Waals surface area contributed by atoms with Crippen molar-refractivity contribution in [2.24, 2.45) is 0 Å². The lowest BCUT2D eigenvalue weighted by Crippen LogP contribution is -1.96. The van der Waals surface area contributed by atoms with Crippen molar-refractivity contribution in [3.8, 4) is 5.75 Å². The SMILES string of the molecule is C=CC(=O)CCCc1cc(OC)ccc1C. The molecule has 0 radical (unpaired) electrons. The van der Waals surface area contributed by atoms with Gasteiger partial charge in [0.25, 0.3) is 0 Å². The van der Waals surface area contributed by atoms with Gasteiger partial charge >= 0.3 is 0 Å². The minimum atomic E-state index is 0.112. The Morgan fingerprint density at radius 2 is 2.25 bits per heavy atom. The number of hydrogen-bond donors (Lipinski definition) is 0. The van der Waals surface area contributed by atoms with Gasteiger partial charge in [-0.3, -0.25) is 4.79 Å². The summed E-state index contributed by atoms with van der Waals surface area (Å²) in [5.74, 6) is 0.983. The first-order valence-electron chi connectivity index (χ1n) is 5.46. The lowest BCUT2D eigenvalue weighted by atomic mass is 10.0. The van der Waals surface area contributed by atoms with E-state index < -0.39 is 0 Å². The fourth-order valence-corrected chi connectivity index (χ4v) is 1.60. The van der Waals surface area contributed by atoms with Crippen LogP contribution < -0.4 is 4.74 Å². The predicted molar refractivity (Wildman–Crippen MR) is 65.9 cm³/mol. The molecule has 0 saturated heterocycles. The molecule has 0 atom stereocenters. The van der Waals surface area contributed by atoms with Gasteiger partial charge in [0, 0.05) is 6.42 Å². The first-order chi connectivity index (χ1) is 7.67. The topological polar surface area (TPSA) is 26.3 Å². The highest BCUT2D eigenvalue weighted by atomic mass is 16.5. The van der Waals surface area contributed by atoms with Crippen LogP contribution in [0, 0.1) is 6.92 Å². The van der Waals surface area contributed by atoms with Crippen molar-refractivity contribution in [3.63, 3.8) is 0 Å². The van der Waals surface area contributed by atoms with Crippen molar-refractivity contribution in [2.45, 2.75) is 26.2 Å². The normalized spacial score (nSPS) is 9.88. The Hall–Kier alpha value is -1.57. The Morgan fingerprint density at radius 3 is 2.88 bits per heavy atom. The Bertz CT molecular complexity index is 380. The Morgan fingerprint density at radius 1 is 1.50 bits per heavy atom. The van der Waals surface area contributed by atoms with E-state index >= 15 is 0 Å². The van der Waals surface area contributed by atoms with Gasteiger partial charge in [0.15, 0.2) is 5.78 Å². The van der Waals surface area contributed by atoms with Crippen molar-refractivity contribution in [2.75, 3.05) is 7.11 Å². The van der Waals surface area contributed by atoms with Crippen LogP contribution in [0.2, 0.25) is 0 Å². The third-order valence-electron chi connectivity index (χ3n) is 2.65. The average molecular weight is 218 g/mol. The van der Waals surface area contributed by atoms with E-state index in [0.717, 1.165) is 18.6 Å². The molecule has 86 valence electrons. The van der Waals surface area contributed by atoms with Crippen LogP contribution in [-0.2, 0) is 11.2 Å². The second-order valence-electron chi connectivity index (χ2n) is 3.82. The average Bonchev–Trinajstić information content (AvgIpc) is 2.31. The van der Waals surface area contributed by atoms with Crippen LogP contribution >= 0.6 is 0 Å². The van der Waals surface area contributed by atoms with E-state index in [1.54, 1.807) is 7.11 Å². The molecule has 16 heavy (non-hydrogen) atoms. The van der Waals surface area contributed by atoms with Gasteiger partial charge in [0.1, 0.15) is 5.75 Å². The molecule has 2 heteroatoms. The molecular weight excluding hydrogens is 200 g/mol. The van der Waals surface area contributed by atoms with Crippen molar-refractivity contribution in [1.29, 1.82) is 0 Å². The number of allylic oxidation sites excluding steroid dienone is 1.